The number of hydrogen-bond acceptors (Lipinski definition) is 8. The second kappa shape index (κ2) is 8.40. The van der Waals surface area contributed by atoms with Gasteiger partial charge in [0.2, 0.25) is 0 Å². The number of benzene rings is 2. The van der Waals surface area contributed by atoms with Gasteiger partial charge in [-0.25, -0.2) is 4.79 Å². The molecule has 3 heterocycles. The standard InChI is InChI=1S/C25H22N2O8/c1-14-25(35-15(2)34-14,24(32)33-13-16-8-4-3-5-9-16)27-19(12-28)20(23(27)31)26-21(29)17-10-6-7-11-18(17)22(26)30/h3-12,14-15,19-20H,13H2,1-2H3/t14?,15?,19-,20+,25?/m1/s1. The third-order valence-corrected chi connectivity index (χ3v) is 6.51. The first kappa shape index (κ1) is 22.9. The van der Waals surface area contributed by atoms with Crippen molar-refractivity contribution < 1.29 is 38.2 Å². The van der Waals surface area contributed by atoms with Crippen molar-refractivity contribution in [1.82, 2.24) is 9.80 Å². The van der Waals surface area contributed by atoms with Crippen LogP contribution in [0.5, 0.6) is 0 Å². The summed E-state index contributed by atoms with van der Waals surface area (Å²) in [5, 5.41) is 0. The van der Waals surface area contributed by atoms with E-state index in [1.165, 1.54) is 19.1 Å². The number of esters is 1. The quantitative estimate of drug-likeness (QED) is 0.264. The highest BCUT2D eigenvalue weighted by molar-refractivity contribution is 6.24. The van der Waals surface area contributed by atoms with E-state index in [-0.39, 0.29) is 17.7 Å². The van der Waals surface area contributed by atoms with Crippen LogP contribution >= 0.6 is 0 Å². The number of fused-ring (bicyclic) bond motifs is 1. The maximum absolute atomic E-state index is 13.5. The van der Waals surface area contributed by atoms with Crippen molar-refractivity contribution in [2.45, 2.75) is 50.7 Å². The first-order valence-electron chi connectivity index (χ1n) is 11.1. The van der Waals surface area contributed by atoms with E-state index in [4.69, 9.17) is 14.2 Å². The Morgan fingerprint density at radius 1 is 1.00 bits per heavy atom. The van der Waals surface area contributed by atoms with Crippen LogP contribution < -0.4 is 0 Å². The summed E-state index contributed by atoms with van der Waals surface area (Å²) in [6.07, 6.45) is -1.45. The van der Waals surface area contributed by atoms with Crippen molar-refractivity contribution in [2.24, 2.45) is 0 Å². The first-order chi connectivity index (χ1) is 16.8. The van der Waals surface area contributed by atoms with Crippen molar-refractivity contribution in [3.05, 3.63) is 71.3 Å². The van der Waals surface area contributed by atoms with E-state index in [2.05, 4.69) is 0 Å². The molecule has 35 heavy (non-hydrogen) atoms. The van der Waals surface area contributed by atoms with E-state index < -0.39 is 53.9 Å². The molecule has 2 saturated heterocycles. The van der Waals surface area contributed by atoms with Crippen LogP contribution in [0.2, 0.25) is 0 Å². The molecule has 3 aliphatic heterocycles. The Hall–Kier alpha value is -3.89. The molecule has 0 aliphatic carbocycles. The first-order valence-corrected chi connectivity index (χ1v) is 11.1. The van der Waals surface area contributed by atoms with Crippen LogP contribution in [0.15, 0.2) is 54.6 Å². The molecule has 0 radical (unpaired) electrons. The highest BCUT2D eigenvalue weighted by Crippen LogP contribution is 2.43. The Kier molecular flexibility index (Phi) is 5.49. The minimum absolute atomic E-state index is 0.0957. The van der Waals surface area contributed by atoms with Gasteiger partial charge in [0.25, 0.3) is 23.4 Å². The predicted molar refractivity (Wildman–Crippen MR) is 117 cm³/mol. The van der Waals surface area contributed by atoms with Crippen molar-refractivity contribution in [2.75, 3.05) is 0 Å². The average molecular weight is 478 g/mol. The lowest BCUT2D eigenvalue weighted by Gasteiger charge is -2.53. The summed E-state index contributed by atoms with van der Waals surface area (Å²) in [5.74, 6) is -3.07. The fourth-order valence-electron chi connectivity index (χ4n) is 4.89. The van der Waals surface area contributed by atoms with Gasteiger partial charge in [-0.2, -0.15) is 0 Å². The number of imide groups is 1. The van der Waals surface area contributed by atoms with Crippen LogP contribution in [0.3, 0.4) is 0 Å². The van der Waals surface area contributed by atoms with Gasteiger partial charge < -0.3 is 19.0 Å². The third-order valence-electron chi connectivity index (χ3n) is 6.51. The number of amides is 3. The second-order valence-corrected chi connectivity index (χ2v) is 8.53. The van der Waals surface area contributed by atoms with Crippen LogP contribution in [-0.2, 0) is 35.2 Å². The summed E-state index contributed by atoms with van der Waals surface area (Å²) in [7, 11) is 0. The molecule has 10 heteroatoms. The van der Waals surface area contributed by atoms with Gasteiger partial charge in [-0.15, -0.1) is 0 Å². The lowest BCUT2D eigenvalue weighted by atomic mass is 9.88. The van der Waals surface area contributed by atoms with Gasteiger partial charge in [-0.1, -0.05) is 42.5 Å². The van der Waals surface area contributed by atoms with Crippen LogP contribution in [0, 0.1) is 0 Å². The Labute approximate surface area is 200 Å². The van der Waals surface area contributed by atoms with E-state index in [1.807, 2.05) is 6.07 Å². The minimum Gasteiger partial charge on any atom is -0.457 e. The largest absolute Gasteiger partial charge is 0.457 e. The summed E-state index contributed by atoms with van der Waals surface area (Å²) in [6.45, 7) is 2.98. The number of likely N-dealkylation sites (tertiary alicyclic amines) is 1. The van der Waals surface area contributed by atoms with E-state index in [0.29, 0.717) is 11.8 Å². The fourth-order valence-corrected chi connectivity index (χ4v) is 4.89. The molecule has 10 nitrogen and oxygen atoms in total. The monoisotopic (exact) mass is 478 g/mol. The van der Waals surface area contributed by atoms with E-state index in [0.717, 1.165) is 9.80 Å². The number of β-lactam (4-membered cyclic amide) rings is 1. The highest BCUT2D eigenvalue weighted by Gasteiger charge is 2.70. The maximum atomic E-state index is 13.5. The van der Waals surface area contributed by atoms with E-state index in [9.17, 15) is 24.0 Å². The van der Waals surface area contributed by atoms with Gasteiger partial charge in [0.1, 0.15) is 31.1 Å². The molecule has 5 rings (SSSR count). The molecule has 0 spiro atoms. The lowest BCUT2D eigenvalue weighted by molar-refractivity contribution is -0.226. The van der Waals surface area contributed by atoms with Gasteiger partial charge in [0, 0.05) is 0 Å². The molecule has 0 bridgehead atoms. The van der Waals surface area contributed by atoms with Gasteiger partial charge in [-0.3, -0.25) is 24.2 Å². The molecule has 2 aromatic carbocycles. The molecule has 0 N–H and O–H groups in total. The molecular weight excluding hydrogens is 456 g/mol. The molecule has 3 amide bonds. The van der Waals surface area contributed by atoms with Crippen LogP contribution in [0.1, 0.15) is 40.1 Å². The number of rotatable bonds is 6. The maximum Gasteiger partial charge on any atom is 0.363 e. The van der Waals surface area contributed by atoms with Gasteiger partial charge >= 0.3 is 5.97 Å². The molecule has 5 atom stereocenters. The van der Waals surface area contributed by atoms with Crippen LogP contribution in [-0.4, -0.2) is 70.0 Å². The van der Waals surface area contributed by atoms with Gasteiger partial charge in [0.05, 0.1) is 11.1 Å². The Balaban J connectivity index is 1.45. The summed E-state index contributed by atoms with van der Waals surface area (Å²) in [6, 6.07) is 12.3. The summed E-state index contributed by atoms with van der Waals surface area (Å²) in [4.78, 5) is 66.6. The van der Waals surface area contributed by atoms with Crippen molar-refractivity contribution >= 4 is 30.0 Å². The SMILES string of the molecule is CC1OC(C)C(C(=O)OCc2ccccc2)(N2C(=O)[C@@H](N3C(=O)c4ccccc4C3=O)[C@H]2C=O)O1. The van der Waals surface area contributed by atoms with Crippen molar-refractivity contribution in [3.8, 4) is 0 Å². The Bertz CT molecular complexity index is 1200. The zero-order valence-electron chi connectivity index (χ0n) is 19.0. The number of carbonyl (C=O) groups is 5. The average Bonchev–Trinajstić information content (AvgIpc) is 3.29. The molecule has 180 valence electrons. The third kappa shape index (κ3) is 3.28. The molecule has 0 aromatic heterocycles. The summed E-state index contributed by atoms with van der Waals surface area (Å²) in [5.41, 5.74) is -1.06. The lowest BCUT2D eigenvalue weighted by Crippen LogP contribution is -2.81. The van der Waals surface area contributed by atoms with Gasteiger partial charge in [-0.05, 0) is 31.5 Å². The van der Waals surface area contributed by atoms with Crippen molar-refractivity contribution in [1.29, 1.82) is 0 Å². The number of nitrogens with zero attached hydrogens (tertiary/aromatic N) is 2. The molecule has 0 saturated carbocycles. The Morgan fingerprint density at radius 2 is 1.60 bits per heavy atom. The second-order valence-electron chi connectivity index (χ2n) is 8.53. The zero-order chi connectivity index (χ0) is 24.9. The van der Waals surface area contributed by atoms with E-state index >= 15 is 0 Å². The molecular formula is C25H22N2O8. The normalized spacial score (nSPS) is 29.7. The van der Waals surface area contributed by atoms with Crippen molar-refractivity contribution in [3.63, 3.8) is 0 Å². The summed E-state index contributed by atoms with van der Waals surface area (Å²) < 4.78 is 16.9. The molecule has 2 fully saturated rings. The molecule has 3 aliphatic rings. The number of hydrogen-bond donors (Lipinski definition) is 0. The highest BCUT2D eigenvalue weighted by atomic mass is 16.8. The summed E-state index contributed by atoms with van der Waals surface area (Å²) >= 11 is 0. The fraction of sp³-hybridized carbons (Fsp3) is 0.320. The Morgan fingerprint density at radius 3 is 2.14 bits per heavy atom. The number of aldehydes is 1. The molecule has 2 aromatic rings. The topological polar surface area (TPSA) is 120 Å². The number of carbonyl (C=O) groups excluding carboxylic acids is 5. The smallest absolute Gasteiger partial charge is 0.363 e. The van der Waals surface area contributed by atoms with E-state index in [1.54, 1.807) is 43.3 Å². The zero-order valence-corrected chi connectivity index (χ0v) is 19.0. The van der Waals surface area contributed by atoms with Crippen LogP contribution in [0.25, 0.3) is 0 Å². The van der Waals surface area contributed by atoms with Gasteiger partial charge in [0.15, 0.2) is 6.29 Å². The molecule has 3 unspecified atom stereocenters. The number of ether oxygens (including phenoxy) is 3. The minimum atomic E-state index is -2.06. The van der Waals surface area contributed by atoms with Crippen LogP contribution in [0.4, 0.5) is 0 Å². The predicted octanol–water partition coefficient (Wildman–Crippen LogP) is 1.28.